The van der Waals surface area contributed by atoms with Crippen LogP contribution in [0.2, 0.25) is 0 Å². The number of aromatic nitrogens is 2. The Hall–Kier alpha value is -3.87. The van der Waals surface area contributed by atoms with Crippen molar-refractivity contribution in [3.05, 3.63) is 83.7 Å². The SMILES string of the molecule is Cn1cc(CC(=O)N2CCCc3ncc(C(=O)NCc4ccoc4)cc32)c2ccccc21. The summed E-state index contributed by atoms with van der Waals surface area (Å²) in [5, 5.41) is 3.96. The second-order valence-corrected chi connectivity index (χ2v) is 8.11. The molecule has 0 saturated carbocycles. The summed E-state index contributed by atoms with van der Waals surface area (Å²) in [5.74, 6) is -0.214. The zero-order chi connectivity index (χ0) is 22.1. The Labute approximate surface area is 185 Å². The van der Waals surface area contributed by atoms with E-state index < -0.39 is 0 Å². The molecule has 0 unspecified atom stereocenters. The minimum atomic E-state index is -0.228. The molecule has 4 heterocycles. The van der Waals surface area contributed by atoms with Gasteiger partial charge in [-0.15, -0.1) is 0 Å². The number of hydrogen-bond acceptors (Lipinski definition) is 4. The van der Waals surface area contributed by atoms with Gasteiger partial charge in [0.25, 0.3) is 5.91 Å². The van der Waals surface area contributed by atoms with E-state index in [4.69, 9.17) is 4.42 Å². The number of rotatable bonds is 5. The number of carbonyl (C=O) groups excluding carboxylic acids is 2. The van der Waals surface area contributed by atoms with Crippen molar-refractivity contribution in [3.63, 3.8) is 0 Å². The lowest BCUT2D eigenvalue weighted by atomic mass is 10.0. The predicted octanol–water partition coefficient (Wildman–Crippen LogP) is 3.62. The highest BCUT2D eigenvalue weighted by atomic mass is 16.3. The van der Waals surface area contributed by atoms with Gasteiger partial charge < -0.3 is 19.2 Å². The molecule has 5 rings (SSSR count). The summed E-state index contributed by atoms with van der Waals surface area (Å²) in [7, 11) is 1.99. The Kier molecular flexibility index (Phi) is 5.23. The monoisotopic (exact) mass is 428 g/mol. The molecule has 4 aromatic rings. The van der Waals surface area contributed by atoms with Gasteiger partial charge in [-0.25, -0.2) is 0 Å². The van der Waals surface area contributed by atoms with Gasteiger partial charge in [0.05, 0.1) is 35.9 Å². The molecule has 1 N–H and O–H groups in total. The van der Waals surface area contributed by atoms with Crippen LogP contribution in [0.25, 0.3) is 10.9 Å². The highest BCUT2D eigenvalue weighted by molar-refractivity contribution is 6.00. The number of nitrogens with zero attached hydrogens (tertiary/aromatic N) is 3. The van der Waals surface area contributed by atoms with E-state index in [1.807, 2.05) is 36.0 Å². The second-order valence-electron chi connectivity index (χ2n) is 8.11. The molecule has 0 fully saturated rings. The van der Waals surface area contributed by atoms with Crippen LogP contribution in [0.1, 0.15) is 33.6 Å². The van der Waals surface area contributed by atoms with Gasteiger partial charge in [-0.2, -0.15) is 0 Å². The van der Waals surface area contributed by atoms with Gasteiger partial charge in [0, 0.05) is 49.0 Å². The van der Waals surface area contributed by atoms with Crippen LogP contribution in [0, 0.1) is 0 Å². The molecule has 32 heavy (non-hydrogen) atoms. The average molecular weight is 428 g/mol. The summed E-state index contributed by atoms with van der Waals surface area (Å²) in [6.45, 7) is 0.995. The number of nitrogens with one attached hydrogen (secondary N) is 1. The van der Waals surface area contributed by atoms with Crippen LogP contribution >= 0.6 is 0 Å². The molecule has 7 nitrogen and oxygen atoms in total. The van der Waals surface area contributed by atoms with Crippen molar-refractivity contribution in [3.8, 4) is 0 Å². The number of furan rings is 1. The Balaban J connectivity index is 1.37. The van der Waals surface area contributed by atoms with E-state index >= 15 is 0 Å². The van der Waals surface area contributed by atoms with Crippen molar-refractivity contribution in [1.82, 2.24) is 14.9 Å². The molecule has 1 aromatic carbocycles. The summed E-state index contributed by atoms with van der Waals surface area (Å²) < 4.78 is 7.08. The third-order valence-electron chi connectivity index (χ3n) is 5.95. The van der Waals surface area contributed by atoms with E-state index in [0.29, 0.717) is 25.1 Å². The molecule has 162 valence electrons. The van der Waals surface area contributed by atoms with Gasteiger partial charge in [0.15, 0.2) is 0 Å². The molecule has 0 atom stereocenters. The Morgan fingerprint density at radius 2 is 2.09 bits per heavy atom. The molecule has 0 bridgehead atoms. The van der Waals surface area contributed by atoms with E-state index in [1.54, 1.807) is 35.8 Å². The largest absolute Gasteiger partial charge is 0.472 e. The molecule has 1 aliphatic rings. The standard InChI is InChI=1S/C25H24N4O3/c1-28-15-19(20-5-2-3-7-22(20)28)12-24(30)29-9-4-6-21-23(29)11-18(14-26-21)25(31)27-13-17-8-10-32-16-17/h2-3,5,7-8,10-11,14-16H,4,6,9,12-13H2,1H3,(H,27,31). The minimum absolute atomic E-state index is 0.0139. The van der Waals surface area contributed by atoms with Gasteiger partial charge >= 0.3 is 0 Å². The molecule has 1 aliphatic heterocycles. The third kappa shape index (κ3) is 3.77. The van der Waals surface area contributed by atoms with Crippen molar-refractivity contribution in [2.75, 3.05) is 11.4 Å². The van der Waals surface area contributed by atoms with Crippen molar-refractivity contribution >= 4 is 28.4 Å². The van der Waals surface area contributed by atoms with Crippen LogP contribution in [-0.2, 0) is 31.2 Å². The Morgan fingerprint density at radius 3 is 2.94 bits per heavy atom. The van der Waals surface area contributed by atoms with Crippen LogP contribution in [0.3, 0.4) is 0 Å². The van der Waals surface area contributed by atoms with E-state index in [2.05, 4.69) is 16.4 Å². The maximum Gasteiger partial charge on any atom is 0.253 e. The van der Waals surface area contributed by atoms with Crippen LogP contribution in [0.5, 0.6) is 0 Å². The maximum atomic E-state index is 13.3. The van der Waals surface area contributed by atoms with Crippen molar-refractivity contribution in [1.29, 1.82) is 0 Å². The summed E-state index contributed by atoms with van der Waals surface area (Å²) >= 11 is 0. The number of para-hydroxylation sites is 1. The number of fused-ring (bicyclic) bond motifs is 2. The number of pyridine rings is 1. The first-order chi connectivity index (χ1) is 15.6. The van der Waals surface area contributed by atoms with E-state index in [9.17, 15) is 9.59 Å². The first-order valence-electron chi connectivity index (χ1n) is 10.7. The highest BCUT2D eigenvalue weighted by Gasteiger charge is 2.25. The zero-order valence-corrected chi connectivity index (χ0v) is 17.9. The number of amides is 2. The first kappa shape index (κ1) is 20.1. The second kappa shape index (κ2) is 8.34. The summed E-state index contributed by atoms with van der Waals surface area (Å²) in [6, 6.07) is 11.7. The lowest BCUT2D eigenvalue weighted by molar-refractivity contribution is -0.118. The summed E-state index contributed by atoms with van der Waals surface area (Å²) in [5.41, 5.74) is 5.02. The number of carbonyl (C=O) groups is 2. The Morgan fingerprint density at radius 1 is 1.22 bits per heavy atom. The molecule has 2 amide bonds. The Bertz CT molecular complexity index is 1290. The molecular formula is C25H24N4O3. The fraction of sp³-hybridized carbons (Fsp3) is 0.240. The quantitative estimate of drug-likeness (QED) is 0.527. The van der Waals surface area contributed by atoms with E-state index in [-0.39, 0.29) is 11.8 Å². The molecular weight excluding hydrogens is 404 g/mol. The molecule has 0 spiro atoms. The van der Waals surface area contributed by atoms with Gasteiger partial charge in [-0.3, -0.25) is 14.6 Å². The first-order valence-corrected chi connectivity index (χ1v) is 10.7. The fourth-order valence-corrected chi connectivity index (χ4v) is 4.32. The van der Waals surface area contributed by atoms with Gasteiger partial charge in [-0.1, -0.05) is 18.2 Å². The molecule has 3 aromatic heterocycles. The van der Waals surface area contributed by atoms with Crippen LogP contribution in [-0.4, -0.2) is 27.9 Å². The van der Waals surface area contributed by atoms with Crippen molar-refractivity contribution < 1.29 is 14.0 Å². The average Bonchev–Trinajstić information content (AvgIpc) is 3.45. The number of benzene rings is 1. The topological polar surface area (TPSA) is 80.4 Å². The van der Waals surface area contributed by atoms with Crippen LogP contribution < -0.4 is 10.2 Å². The van der Waals surface area contributed by atoms with Gasteiger partial charge in [0.1, 0.15) is 0 Å². The van der Waals surface area contributed by atoms with Gasteiger partial charge in [0.2, 0.25) is 5.91 Å². The van der Waals surface area contributed by atoms with Crippen molar-refractivity contribution in [2.45, 2.75) is 25.8 Å². The summed E-state index contributed by atoms with van der Waals surface area (Å²) in [4.78, 5) is 32.3. The molecule has 0 aliphatic carbocycles. The lowest BCUT2D eigenvalue weighted by Gasteiger charge is -2.29. The number of hydrogen-bond donors (Lipinski definition) is 1. The van der Waals surface area contributed by atoms with E-state index in [1.165, 1.54) is 0 Å². The maximum absolute atomic E-state index is 13.3. The number of aryl methyl sites for hydroxylation is 2. The fourth-order valence-electron chi connectivity index (χ4n) is 4.32. The highest BCUT2D eigenvalue weighted by Crippen LogP contribution is 2.28. The normalized spacial score (nSPS) is 13.2. The third-order valence-corrected chi connectivity index (χ3v) is 5.95. The van der Waals surface area contributed by atoms with Crippen LogP contribution in [0.4, 0.5) is 5.69 Å². The van der Waals surface area contributed by atoms with E-state index in [0.717, 1.165) is 46.3 Å². The smallest absolute Gasteiger partial charge is 0.253 e. The number of anilines is 1. The predicted molar refractivity (Wildman–Crippen MR) is 121 cm³/mol. The summed E-state index contributed by atoms with van der Waals surface area (Å²) in [6.07, 6.45) is 8.73. The molecule has 0 radical (unpaired) electrons. The van der Waals surface area contributed by atoms with Crippen molar-refractivity contribution in [2.24, 2.45) is 7.05 Å². The minimum Gasteiger partial charge on any atom is -0.472 e. The molecule has 7 heteroatoms. The lowest BCUT2D eigenvalue weighted by Crippen LogP contribution is -2.37. The van der Waals surface area contributed by atoms with Crippen LogP contribution in [0.15, 0.2) is 65.7 Å². The molecule has 0 saturated heterocycles. The zero-order valence-electron chi connectivity index (χ0n) is 17.9. The van der Waals surface area contributed by atoms with Gasteiger partial charge in [-0.05, 0) is 36.6 Å².